The minimum Gasteiger partial charge on any atom is -0.491 e. The lowest BCUT2D eigenvalue weighted by molar-refractivity contribution is -0.371. The fourth-order valence-corrected chi connectivity index (χ4v) is 1.49. The van der Waals surface area contributed by atoms with Gasteiger partial charge in [0.25, 0.3) is 6.41 Å². The van der Waals surface area contributed by atoms with Crippen LogP contribution in [0.5, 0.6) is 5.75 Å². The second-order valence-corrected chi connectivity index (χ2v) is 3.93. The Kier molecular flexibility index (Phi) is 5.76. The summed E-state index contributed by atoms with van der Waals surface area (Å²) in [5.74, 6) is -2.88. The number of benzene rings is 1. The van der Waals surface area contributed by atoms with Crippen molar-refractivity contribution in [3.05, 3.63) is 29.8 Å². The number of ether oxygens (including phenoxy) is 1. The molecule has 7 heteroatoms. The minimum atomic E-state index is -1.23. The predicted molar refractivity (Wildman–Crippen MR) is 65.6 cm³/mol. The summed E-state index contributed by atoms with van der Waals surface area (Å²) in [6.45, 7) is 0.0338. The Labute approximate surface area is 114 Å². The van der Waals surface area contributed by atoms with Gasteiger partial charge in [-0.2, -0.15) is 0 Å². The molecular formula is C13H13F2NO4. The SMILES string of the molecule is C[N+]([C-]=O)=C(CCCOc1ccc(F)cc1F)C(=O)O. The van der Waals surface area contributed by atoms with Crippen molar-refractivity contribution in [3.63, 3.8) is 0 Å². The fourth-order valence-electron chi connectivity index (χ4n) is 1.49. The van der Waals surface area contributed by atoms with Gasteiger partial charge in [0.05, 0.1) is 6.61 Å². The van der Waals surface area contributed by atoms with Gasteiger partial charge in [0.1, 0.15) is 18.6 Å². The lowest BCUT2D eigenvalue weighted by Gasteiger charge is -2.09. The Bertz CT molecular complexity index is 543. The molecule has 0 spiro atoms. The molecule has 1 N–H and O–H groups in total. The van der Waals surface area contributed by atoms with Gasteiger partial charge >= 0.3 is 5.97 Å². The van der Waals surface area contributed by atoms with E-state index >= 15 is 0 Å². The molecule has 0 aliphatic heterocycles. The Balaban J connectivity index is 2.53. The minimum absolute atomic E-state index is 0.0338. The molecule has 1 amide bonds. The highest BCUT2D eigenvalue weighted by Gasteiger charge is 2.10. The van der Waals surface area contributed by atoms with Crippen LogP contribution in [0.2, 0.25) is 0 Å². The molecule has 1 aromatic carbocycles. The van der Waals surface area contributed by atoms with Gasteiger partial charge in [0.2, 0.25) is 0 Å². The quantitative estimate of drug-likeness (QED) is 0.270. The molecule has 0 unspecified atom stereocenters. The summed E-state index contributed by atoms with van der Waals surface area (Å²) in [4.78, 5) is 21.2. The van der Waals surface area contributed by atoms with Crippen molar-refractivity contribution in [2.45, 2.75) is 12.8 Å². The average molecular weight is 285 g/mol. The van der Waals surface area contributed by atoms with Crippen LogP contribution in [0.3, 0.4) is 0 Å². The van der Waals surface area contributed by atoms with E-state index in [0.29, 0.717) is 6.07 Å². The van der Waals surface area contributed by atoms with E-state index in [1.54, 1.807) is 0 Å². The van der Waals surface area contributed by atoms with E-state index in [1.165, 1.54) is 13.5 Å². The number of carbonyl (C=O) groups excluding carboxylic acids is 1. The van der Waals surface area contributed by atoms with Gasteiger partial charge < -0.3 is 19.2 Å². The predicted octanol–water partition coefficient (Wildman–Crippen LogP) is 1.36. The molecule has 1 aromatic rings. The van der Waals surface area contributed by atoms with Gasteiger partial charge in [-0.25, -0.2) is 8.78 Å². The van der Waals surface area contributed by atoms with Crippen molar-refractivity contribution < 1.29 is 32.8 Å². The smallest absolute Gasteiger partial charge is 0.310 e. The molecule has 108 valence electrons. The maximum absolute atomic E-state index is 13.2. The zero-order chi connectivity index (χ0) is 15.1. The van der Waals surface area contributed by atoms with Gasteiger partial charge in [-0.3, -0.25) is 4.79 Å². The Morgan fingerprint density at radius 1 is 1.45 bits per heavy atom. The van der Waals surface area contributed by atoms with E-state index < -0.39 is 17.6 Å². The third-order valence-corrected chi connectivity index (χ3v) is 2.50. The Hall–Kier alpha value is -2.31. The number of halogens is 2. The van der Waals surface area contributed by atoms with Gasteiger partial charge in [0.15, 0.2) is 11.6 Å². The van der Waals surface area contributed by atoms with E-state index in [2.05, 4.69) is 0 Å². The van der Waals surface area contributed by atoms with Crippen molar-refractivity contribution in [3.8, 4) is 5.75 Å². The lowest BCUT2D eigenvalue weighted by Crippen LogP contribution is -2.25. The highest BCUT2D eigenvalue weighted by atomic mass is 19.1. The third-order valence-electron chi connectivity index (χ3n) is 2.50. The number of carbonyl (C=O) groups is 1. The highest BCUT2D eigenvalue weighted by molar-refractivity contribution is 6.33. The van der Waals surface area contributed by atoms with Crippen molar-refractivity contribution >= 4 is 18.1 Å². The van der Waals surface area contributed by atoms with Crippen molar-refractivity contribution in [1.82, 2.24) is 0 Å². The number of hydrogen-bond acceptors (Lipinski definition) is 3. The normalized spacial score (nSPS) is 11.8. The monoisotopic (exact) mass is 285 g/mol. The summed E-state index contributed by atoms with van der Waals surface area (Å²) < 4.78 is 31.8. The summed E-state index contributed by atoms with van der Waals surface area (Å²) >= 11 is 0. The van der Waals surface area contributed by atoms with Crippen molar-refractivity contribution in [2.75, 3.05) is 13.7 Å². The van der Waals surface area contributed by atoms with Crippen LogP contribution >= 0.6 is 0 Å². The topological polar surface area (TPSA) is 66.6 Å². The molecule has 0 bridgehead atoms. The van der Waals surface area contributed by atoms with E-state index in [1.807, 2.05) is 0 Å². The number of nitrogens with zero attached hydrogens (tertiary/aromatic N) is 1. The average Bonchev–Trinajstić information content (AvgIpc) is 2.39. The summed E-state index contributed by atoms with van der Waals surface area (Å²) in [6, 6.07) is 2.90. The number of hydrogen-bond donors (Lipinski definition) is 1. The number of amides is 1. The first-order chi connectivity index (χ1) is 9.45. The van der Waals surface area contributed by atoms with Crippen LogP contribution in [-0.2, 0) is 9.59 Å². The number of rotatable bonds is 7. The Morgan fingerprint density at radius 2 is 2.15 bits per heavy atom. The molecule has 0 aliphatic carbocycles. The third kappa shape index (κ3) is 4.42. The van der Waals surface area contributed by atoms with Crippen LogP contribution in [0.4, 0.5) is 8.78 Å². The van der Waals surface area contributed by atoms with Crippen molar-refractivity contribution in [2.24, 2.45) is 0 Å². The maximum Gasteiger partial charge on any atom is 0.310 e. The maximum atomic E-state index is 13.2. The van der Waals surface area contributed by atoms with Gasteiger partial charge in [-0.05, 0) is 25.0 Å². The molecule has 0 aromatic heterocycles. The molecule has 0 atom stereocenters. The van der Waals surface area contributed by atoms with E-state index in [-0.39, 0.29) is 30.9 Å². The summed E-state index contributed by atoms with van der Waals surface area (Å²) in [7, 11) is 1.27. The molecular weight excluding hydrogens is 272 g/mol. The van der Waals surface area contributed by atoms with E-state index in [0.717, 1.165) is 16.7 Å². The lowest BCUT2D eigenvalue weighted by atomic mass is 10.2. The van der Waals surface area contributed by atoms with Crippen LogP contribution in [0, 0.1) is 11.6 Å². The van der Waals surface area contributed by atoms with Crippen molar-refractivity contribution in [1.29, 1.82) is 0 Å². The zero-order valence-corrected chi connectivity index (χ0v) is 10.7. The van der Waals surface area contributed by atoms with Gasteiger partial charge in [-0.1, -0.05) is 0 Å². The molecule has 0 aliphatic rings. The molecule has 0 saturated carbocycles. The molecule has 20 heavy (non-hydrogen) atoms. The van der Waals surface area contributed by atoms with E-state index in [4.69, 9.17) is 9.84 Å². The number of carboxylic acid groups (broad SMARTS) is 1. The molecule has 0 heterocycles. The molecule has 0 fully saturated rings. The van der Waals surface area contributed by atoms with Crippen LogP contribution < -0.4 is 4.74 Å². The molecule has 0 saturated heterocycles. The van der Waals surface area contributed by atoms with Crippen LogP contribution in [-0.4, -0.2) is 41.4 Å². The Morgan fingerprint density at radius 3 is 2.70 bits per heavy atom. The fraction of sp³-hybridized carbons (Fsp3) is 0.308. The summed E-state index contributed by atoms with van der Waals surface area (Å²) in [5, 5.41) is 8.87. The molecule has 1 rings (SSSR count). The van der Waals surface area contributed by atoms with Gasteiger partial charge in [-0.15, -0.1) is 0 Å². The molecule has 0 radical (unpaired) electrons. The summed E-state index contributed by atoms with van der Waals surface area (Å²) in [6.07, 6.45) is 1.76. The number of carboxylic acids is 1. The zero-order valence-electron chi connectivity index (χ0n) is 10.7. The van der Waals surface area contributed by atoms with E-state index in [9.17, 15) is 18.4 Å². The first-order valence-electron chi connectivity index (χ1n) is 5.74. The first kappa shape index (κ1) is 15.7. The second kappa shape index (κ2) is 7.32. The van der Waals surface area contributed by atoms with Crippen LogP contribution in [0.15, 0.2) is 18.2 Å². The molecule has 5 nitrogen and oxygen atoms in total. The van der Waals surface area contributed by atoms with Crippen LogP contribution in [0.25, 0.3) is 0 Å². The first-order valence-corrected chi connectivity index (χ1v) is 5.74. The highest BCUT2D eigenvalue weighted by Crippen LogP contribution is 2.17. The van der Waals surface area contributed by atoms with Gasteiger partial charge in [0, 0.05) is 6.07 Å². The standard InChI is InChI=1S/C13H13F2NO4/c1-16(8-17)11(13(18)19)3-2-6-20-12-5-4-9(14)7-10(12)15/h4-5,7H,2-3,6H2,1H3,(H,18,19). The number of aliphatic carboxylic acids is 1. The second-order valence-electron chi connectivity index (χ2n) is 3.93. The largest absolute Gasteiger partial charge is 0.491 e. The summed E-state index contributed by atoms with van der Waals surface area (Å²) in [5.41, 5.74) is -0.136. The van der Waals surface area contributed by atoms with Crippen LogP contribution in [0.1, 0.15) is 12.8 Å².